The van der Waals surface area contributed by atoms with Crippen LogP contribution in [-0.2, 0) is 4.79 Å². The number of halogens is 2. The molecule has 2 aromatic carbocycles. The molecular formula is C17H11ClIN5O. The molecule has 0 N–H and O–H groups in total. The fraction of sp³-hybridized carbons (Fsp3) is 0.0588. The molecule has 1 aliphatic rings. The van der Waals surface area contributed by atoms with Crippen molar-refractivity contribution in [2.24, 2.45) is 4.99 Å². The first-order chi connectivity index (χ1) is 12.2. The molecule has 0 spiro atoms. The first-order valence-corrected chi connectivity index (χ1v) is 8.86. The lowest BCUT2D eigenvalue weighted by atomic mass is 10.0. The Balaban J connectivity index is 1.95. The number of carbonyl (C=O) groups is 1. The summed E-state index contributed by atoms with van der Waals surface area (Å²) in [6, 6.07) is 12.6. The molecule has 3 aromatic rings. The average Bonchev–Trinajstić information content (AvgIpc) is 3.15. The third kappa shape index (κ3) is 2.93. The monoisotopic (exact) mass is 463 g/mol. The van der Waals surface area contributed by atoms with Crippen LogP contribution in [0.15, 0.2) is 60.1 Å². The number of rotatable bonds is 2. The van der Waals surface area contributed by atoms with E-state index in [4.69, 9.17) is 16.6 Å². The Bertz CT molecular complexity index is 956. The summed E-state index contributed by atoms with van der Waals surface area (Å²) in [4.78, 5) is 22.6. The molecule has 1 aliphatic heterocycles. The van der Waals surface area contributed by atoms with Crippen LogP contribution in [0.2, 0.25) is 5.02 Å². The van der Waals surface area contributed by atoms with Gasteiger partial charge in [0.25, 0.3) is 0 Å². The normalized spacial score (nSPS) is 16.3. The fourth-order valence-corrected chi connectivity index (χ4v) is 3.42. The van der Waals surface area contributed by atoms with Crippen molar-refractivity contribution in [1.29, 1.82) is 0 Å². The van der Waals surface area contributed by atoms with Gasteiger partial charge in [-0.25, -0.2) is 9.98 Å². The summed E-state index contributed by atoms with van der Waals surface area (Å²) in [7, 11) is 0. The molecule has 4 rings (SSSR count). The molecule has 0 bridgehead atoms. The smallest absolute Gasteiger partial charge is 0.234 e. The van der Waals surface area contributed by atoms with Crippen LogP contribution in [-0.4, -0.2) is 27.0 Å². The van der Waals surface area contributed by atoms with E-state index in [1.807, 2.05) is 35.2 Å². The zero-order valence-corrected chi connectivity index (χ0v) is 15.7. The van der Waals surface area contributed by atoms with Crippen LogP contribution in [0, 0.1) is 3.57 Å². The summed E-state index contributed by atoms with van der Waals surface area (Å²) >= 11 is 8.24. The molecule has 0 radical (unpaired) electrons. The van der Waals surface area contributed by atoms with Gasteiger partial charge < -0.3 is 4.79 Å². The van der Waals surface area contributed by atoms with E-state index in [1.54, 1.807) is 23.1 Å². The Morgan fingerprint density at radius 3 is 2.64 bits per heavy atom. The maximum absolute atomic E-state index is 12.0. The van der Waals surface area contributed by atoms with Crippen molar-refractivity contribution in [1.82, 2.24) is 14.8 Å². The highest BCUT2D eigenvalue weighted by molar-refractivity contribution is 14.1. The first kappa shape index (κ1) is 16.2. The van der Waals surface area contributed by atoms with Gasteiger partial charge in [-0.2, -0.15) is 9.78 Å². The summed E-state index contributed by atoms with van der Waals surface area (Å²) in [5.74, 6) is 0.505. The van der Waals surface area contributed by atoms with Gasteiger partial charge in [-0.15, -0.1) is 0 Å². The van der Waals surface area contributed by atoms with E-state index < -0.39 is 6.04 Å². The number of fused-ring (bicyclic) bond motifs is 1. The minimum absolute atomic E-state index is 0.505. The van der Waals surface area contributed by atoms with Crippen LogP contribution in [0.4, 0.5) is 11.4 Å². The lowest BCUT2D eigenvalue weighted by Crippen LogP contribution is -2.42. The highest BCUT2D eigenvalue weighted by Crippen LogP contribution is 2.38. The third-order valence-electron chi connectivity index (χ3n) is 3.88. The van der Waals surface area contributed by atoms with E-state index >= 15 is 0 Å². The van der Waals surface area contributed by atoms with Crippen LogP contribution in [0.3, 0.4) is 0 Å². The number of anilines is 1. The molecule has 0 amide bonds. The maximum atomic E-state index is 12.0. The second kappa shape index (κ2) is 6.57. The Hall–Kier alpha value is -2.26. The SMILES string of the molecule is O=CC1c2cc(I)ccc2N=C(n2cncn2)N1c1ccc(Cl)cc1. The lowest BCUT2D eigenvalue weighted by molar-refractivity contribution is -0.108. The number of hydrogen-bond acceptors (Lipinski definition) is 5. The zero-order chi connectivity index (χ0) is 17.4. The van der Waals surface area contributed by atoms with E-state index in [0.717, 1.165) is 26.8 Å². The molecule has 8 heteroatoms. The van der Waals surface area contributed by atoms with E-state index in [9.17, 15) is 4.79 Å². The quantitative estimate of drug-likeness (QED) is 0.428. The molecule has 6 nitrogen and oxygen atoms in total. The second-order valence-corrected chi connectivity index (χ2v) is 7.06. The van der Waals surface area contributed by atoms with Crippen molar-refractivity contribution in [2.75, 3.05) is 4.90 Å². The highest BCUT2D eigenvalue weighted by atomic mass is 127. The van der Waals surface area contributed by atoms with Crippen LogP contribution in [0.25, 0.3) is 0 Å². The average molecular weight is 464 g/mol. The molecule has 1 unspecified atom stereocenters. The van der Waals surface area contributed by atoms with Gasteiger partial charge in [-0.3, -0.25) is 4.90 Å². The summed E-state index contributed by atoms with van der Waals surface area (Å²) in [5.41, 5.74) is 2.38. The lowest BCUT2D eigenvalue weighted by Gasteiger charge is -2.34. The van der Waals surface area contributed by atoms with E-state index in [1.165, 1.54) is 6.33 Å². The number of aliphatic imine (C=N–C) groups is 1. The zero-order valence-electron chi connectivity index (χ0n) is 12.8. The van der Waals surface area contributed by atoms with Crippen molar-refractivity contribution in [3.8, 4) is 0 Å². The predicted octanol–water partition coefficient (Wildman–Crippen LogP) is 3.83. The maximum Gasteiger partial charge on any atom is 0.234 e. The fourth-order valence-electron chi connectivity index (χ4n) is 2.77. The standard InChI is InChI=1S/C17H11ClIN5O/c18-11-1-4-13(5-2-11)24-16(8-25)14-7-12(19)3-6-15(14)22-17(24)23-10-20-9-21-23/h1-10,16H. The number of aldehydes is 1. The van der Waals surface area contributed by atoms with Crippen molar-refractivity contribution in [3.63, 3.8) is 0 Å². The second-order valence-electron chi connectivity index (χ2n) is 5.38. The number of nitrogens with zero attached hydrogens (tertiary/aromatic N) is 5. The number of aromatic nitrogens is 3. The Labute approximate surface area is 162 Å². The Morgan fingerprint density at radius 2 is 1.96 bits per heavy atom. The first-order valence-electron chi connectivity index (χ1n) is 7.40. The van der Waals surface area contributed by atoms with Crippen molar-refractivity contribution in [3.05, 3.63) is 69.3 Å². The van der Waals surface area contributed by atoms with Crippen molar-refractivity contribution in [2.45, 2.75) is 6.04 Å². The highest BCUT2D eigenvalue weighted by Gasteiger charge is 2.32. The van der Waals surface area contributed by atoms with Gasteiger partial charge in [0.2, 0.25) is 5.96 Å². The minimum Gasteiger partial charge on any atom is -0.301 e. The molecule has 2 heterocycles. The van der Waals surface area contributed by atoms with Crippen molar-refractivity contribution < 1.29 is 4.79 Å². The Morgan fingerprint density at radius 1 is 1.16 bits per heavy atom. The molecule has 0 aliphatic carbocycles. The van der Waals surface area contributed by atoms with E-state index in [-0.39, 0.29) is 0 Å². The summed E-state index contributed by atoms with van der Waals surface area (Å²) in [5, 5.41) is 4.80. The van der Waals surface area contributed by atoms with Gasteiger partial charge in [0.1, 0.15) is 25.0 Å². The van der Waals surface area contributed by atoms with Crippen molar-refractivity contribution >= 4 is 57.8 Å². The van der Waals surface area contributed by atoms with Gasteiger partial charge in [0, 0.05) is 19.8 Å². The molecule has 25 heavy (non-hydrogen) atoms. The van der Waals surface area contributed by atoms with Gasteiger partial charge in [-0.1, -0.05) is 11.6 Å². The van der Waals surface area contributed by atoms with Gasteiger partial charge >= 0.3 is 0 Å². The molecule has 1 aromatic heterocycles. The summed E-state index contributed by atoms with van der Waals surface area (Å²) in [6.07, 6.45) is 3.90. The topological polar surface area (TPSA) is 63.4 Å². The third-order valence-corrected chi connectivity index (χ3v) is 4.80. The summed E-state index contributed by atoms with van der Waals surface area (Å²) in [6.45, 7) is 0. The molecule has 0 saturated carbocycles. The summed E-state index contributed by atoms with van der Waals surface area (Å²) < 4.78 is 2.59. The number of benzene rings is 2. The largest absolute Gasteiger partial charge is 0.301 e. The molecule has 124 valence electrons. The van der Waals surface area contributed by atoms with Crippen LogP contribution >= 0.6 is 34.2 Å². The molecule has 0 fully saturated rings. The molecule has 0 saturated heterocycles. The van der Waals surface area contributed by atoms with Crippen LogP contribution < -0.4 is 4.90 Å². The predicted molar refractivity (Wildman–Crippen MR) is 104 cm³/mol. The van der Waals surface area contributed by atoms with Crippen LogP contribution in [0.1, 0.15) is 11.6 Å². The Kier molecular flexibility index (Phi) is 4.26. The van der Waals surface area contributed by atoms with Crippen LogP contribution in [0.5, 0.6) is 0 Å². The van der Waals surface area contributed by atoms with E-state index in [0.29, 0.717) is 11.0 Å². The van der Waals surface area contributed by atoms with E-state index in [2.05, 4.69) is 32.7 Å². The number of carbonyl (C=O) groups excluding carboxylic acids is 1. The number of hydrogen-bond donors (Lipinski definition) is 0. The molecule has 1 atom stereocenters. The van der Waals surface area contributed by atoms with Gasteiger partial charge in [0.05, 0.1) is 5.69 Å². The minimum atomic E-state index is -0.525. The molecular weight excluding hydrogens is 453 g/mol. The van der Waals surface area contributed by atoms with Gasteiger partial charge in [-0.05, 0) is 65.1 Å². The van der Waals surface area contributed by atoms with Gasteiger partial charge in [0.15, 0.2) is 0 Å².